The minimum Gasteiger partial charge on any atom is -0.492 e. The molecule has 0 aromatic heterocycles. The lowest BCUT2D eigenvalue weighted by atomic mass is 9.97. The Hall–Kier alpha value is -0.540. The van der Waals surface area contributed by atoms with E-state index >= 15 is 0 Å². The quantitative estimate of drug-likeness (QED) is 0.886. The number of hydrogen-bond donors (Lipinski definition) is 1. The van der Waals surface area contributed by atoms with Crippen LogP contribution in [0.15, 0.2) is 22.7 Å². The summed E-state index contributed by atoms with van der Waals surface area (Å²) in [4.78, 5) is 0. The summed E-state index contributed by atoms with van der Waals surface area (Å²) in [5.41, 5.74) is 1.34. The normalized spacial score (nSPS) is 23.3. The number of halogens is 1. The molecule has 104 valence electrons. The minimum absolute atomic E-state index is 0.617. The Morgan fingerprint density at radius 3 is 2.84 bits per heavy atom. The first kappa shape index (κ1) is 13.4. The molecule has 1 saturated carbocycles. The van der Waals surface area contributed by atoms with Crippen LogP contribution in [0.3, 0.4) is 0 Å². The Bertz CT molecular complexity index is 425. The van der Waals surface area contributed by atoms with E-state index in [1.807, 2.05) is 0 Å². The molecule has 0 spiro atoms. The smallest absolute Gasteiger partial charge is 0.136 e. The summed E-state index contributed by atoms with van der Waals surface area (Å²) in [5, 5.41) is 3.62. The van der Waals surface area contributed by atoms with E-state index in [0.29, 0.717) is 6.04 Å². The molecule has 1 saturated heterocycles. The van der Waals surface area contributed by atoms with Gasteiger partial charge in [-0.3, -0.25) is 0 Å². The first-order valence-electron chi connectivity index (χ1n) is 7.46. The van der Waals surface area contributed by atoms with Crippen molar-refractivity contribution < 1.29 is 4.74 Å². The zero-order valence-corrected chi connectivity index (χ0v) is 12.9. The van der Waals surface area contributed by atoms with E-state index in [1.54, 1.807) is 0 Å². The Kier molecular flexibility index (Phi) is 4.44. The van der Waals surface area contributed by atoms with E-state index in [4.69, 9.17) is 4.74 Å². The predicted molar refractivity (Wildman–Crippen MR) is 81.7 cm³/mol. The van der Waals surface area contributed by atoms with Crippen molar-refractivity contribution in [2.45, 2.75) is 44.6 Å². The molecule has 0 amide bonds. The molecule has 2 nitrogen and oxygen atoms in total. The van der Waals surface area contributed by atoms with Crippen LogP contribution in [0.1, 0.15) is 37.7 Å². The SMILES string of the molecule is Brc1cccc(CC2CCCCN2)c1OCC1CC1. The third-order valence-corrected chi connectivity index (χ3v) is 4.71. The van der Waals surface area contributed by atoms with Crippen LogP contribution in [-0.4, -0.2) is 19.2 Å². The monoisotopic (exact) mass is 323 g/mol. The van der Waals surface area contributed by atoms with Crippen molar-refractivity contribution in [3.8, 4) is 5.75 Å². The lowest BCUT2D eigenvalue weighted by Crippen LogP contribution is -2.35. The van der Waals surface area contributed by atoms with Gasteiger partial charge in [0.05, 0.1) is 11.1 Å². The molecule has 1 N–H and O–H groups in total. The minimum atomic E-state index is 0.617. The second kappa shape index (κ2) is 6.27. The van der Waals surface area contributed by atoms with Gasteiger partial charge < -0.3 is 10.1 Å². The zero-order valence-electron chi connectivity index (χ0n) is 11.3. The van der Waals surface area contributed by atoms with E-state index in [-0.39, 0.29) is 0 Å². The van der Waals surface area contributed by atoms with Gasteiger partial charge in [-0.1, -0.05) is 18.6 Å². The summed E-state index contributed by atoms with van der Waals surface area (Å²) in [6, 6.07) is 7.03. The molecule has 3 rings (SSSR count). The molecule has 1 unspecified atom stereocenters. The van der Waals surface area contributed by atoms with Crippen molar-refractivity contribution >= 4 is 15.9 Å². The van der Waals surface area contributed by atoms with Crippen LogP contribution in [0.4, 0.5) is 0 Å². The molecule has 1 aliphatic heterocycles. The topological polar surface area (TPSA) is 21.3 Å². The molecule has 1 aromatic rings. The number of rotatable bonds is 5. The standard InChI is InChI=1S/C16H22BrNO/c17-15-6-3-4-13(10-14-5-1-2-9-18-14)16(15)19-11-12-7-8-12/h3-4,6,12,14,18H,1-2,5,7-11H2. The van der Waals surface area contributed by atoms with Gasteiger partial charge in [-0.25, -0.2) is 0 Å². The molecule has 2 aliphatic rings. The van der Waals surface area contributed by atoms with Crippen LogP contribution >= 0.6 is 15.9 Å². The number of hydrogen-bond acceptors (Lipinski definition) is 2. The molecule has 19 heavy (non-hydrogen) atoms. The van der Waals surface area contributed by atoms with Crippen LogP contribution < -0.4 is 10.1 Å². The average Bonchev–Trinajstić information content (AvgIpc) is 3.23. The molecule has 1 atom stereocenters. The third kappa shape index (κ3) is 3.73. The van der Waals surface area contributed by atoms with Gasteiger partial charge in [0.1, 0.15) is 5.75 Å². The van der Waals surface area contributed by atoms with Crippen molar-refractivity contribution in [2.24, 2.45) is 5.92 Å². The fraction of sp³-hybridized carbons (Fsp3) is 0.625. The van der Waals surface area contributed by atoms with Gasteiger partial charge in [-0.15, -0.1) is 0 Å². The van der Waals surface area contributed by atoms with Crippen molar-refractivity contribution in [2.75, 3.05) is 13.2 Å². The van der Waals surface area contributed by atoms with Crippen molar-refractivity contribution in [3.05, 3.63) is 28.2 Å². The number of benzene rings is 1. The fourth-order valence-electron chi connectivity index (χ4n) is 2.73. The highest BCUT2D eigenvalue weighted by molar-refractivity contribution is 9.10. The highest BCUT2D eigenvalue weighted by Gasteiger charge is 2.23. The van der Waals surface area contributed by atoms with Crippen LogP contribution in [-0.2, 0) is 6.42 Å². The molecule has 1 aromatic carbocycles. The van der Waals surface area contributed by atoms with E-state index in [0.717, 1.165) is 35.7 Å². The number of nitrogens with one attached hydrogen (secondary N) is 1. The molecular formula is C16H22BrNO. The third-order valence-electron chi connectivity index (χ3n) is 4.09. The Labute approximate surface area is 124 Å². The highest BCUT2D eigenvalue weighted by atomic mass is 79.9. The van der Waals surface area contributed by atoms with Crippen LogP contribution in [0.2, 0.25) is 0 Å². The average molecular weight is 324 g/mol. The van der Waals surface area contributed by atoms with E-state index in [1.165, 1.54) is 37.7 Å². The van der Waals surface area contributed by atoms with Gasteiger partial charge in [-0.2, -0.15) is 0 Å². The predicted octanol–water partition coefficient (Wildman–Crippen LogP) is 3.92. The van der Waals surface area contributed by atoms with Crippen molar-refractivity contribution in [1.29, 1.82) is 0 Å². The summed E-state index contributed by atoms with van der Waals surface area (Å²) >= 11 is 3.64. The van der Waals surface area contributed by atoms with Gasteiger partial charge in [0, 0.05) is 6.04 Å². The molecule has 0 bridgehead atoms. The van der Waals surface area contributed by atoms with E-state index in [2.05, 4.69) is 39.4 Å². The van der Waals surface area contributed by atoms with Gasteiger partial charge in [0.25, 0.3) is 0 Å². The van der Waals surface area contributed by atoms with E-state index < -0.39 is 0 Å². The second-order valence-electron chi connectivity index (χ2n) is 5.83. The van der Waals surface area contributed by atoms with Gasteiger partial charge in [0.2, 0.25) is 0 Å². The van der Waals surface area contributed by atoms with Crippen molar-refractivity contribution in [3.63, 3.8) is 0 Å². The summed E-state index contributed by atoms with van der Waals surface area (Å²) < 4.78 is 7.16. The largest absolute Gasteiger partial charge is 0.492 e. The summed E-state index contributed by atoms with van der Waals surface area (Å²) in [6.45, 7) is 2.05. The molecule has 3 heteroatoms. The molecule has 2 fully saturated rings. The molecule has 1 aliphatic carbocycles. The molecule has 0 radical (unpaired) electrons. The number of ether oxygens (including phenoxy) is 1. The van der Waals surface area contributed by atoms with Gasteiger partial charge >= 0.3 is 0 Å². The number of para-hydroxylation sites is 1. The second-order valence-corrected chi connectivity index (χ2v) is 6.69. The number of piperidine rings is 1. The first-order valence-corrected chi connectivity index (χ1v) is 8.26. The Morgan fingerprint density at radius 1 is 1.21 bits per heavy atom. The fourth-order valence-corrected chi connectivity index (χ4v) is 3.25. The van der Waals surface area contributed by atoms with Gasteiger partial charge in [-0.05, 0) is 72.1 Å². The zero-order chi connectivity index (χ0) is 13.1. The van der Waals surface area contributed by atoms with Gasteiger partial charge in [0.15, 0.2) is 0 Å². The Balaban J connectivity index is 1.68. The maximum atomic E-state index is 6.06. The lowest BCUT2D eigenvalue weighted by molar-refractivity contribution is 0.292. The summed E-state index contributed by atoms with van der Waals surface area (Å²) in [7, 11) is 0. The summed E-state index contributed by atoms with van der Waals surface area (Å²) in [6.07, 6.45) is 7.71. The maximum absolute atomic E-state index is 6.06. The first-order chi connectivity index (χ1) is 9.33. The van der Waals surface area contributed by atoms with E-state index in [9.17, 15) is 0 Å². The van der Waals surface area contributed by atoms with Crippen LogP contribution in [0, 0.1) is 5.92 Å². The molecular weight excluding hydrogens is 302 g/mol. The van der Waals surface area contributed by atoms with Crippen LogP contribution in [0.25, 0.3) is 0 Å². The molecule has 1 heterocycles. The van der Waals surface area contributed by atoms with Crippen molar-refractivity contribution in [1.82, 2.24) is 5.32 Å². The maximum Gasteiger partial charge on any atom is 0.136 e. The lowest BCUT2D eigenvalue weighted by Gasteiger charge is -2.24. The van der Waals surface area contributed by atoms with Crippen LogP contribution in [0.5, 0.6) is 5.75 Å². The summed E-state index contributed by atoms with van der Waals surface area (Å²) in [5.74, 6) is 1.87. The highest BCUT2D eigenvalue weighted by Crippen LogP contribution is 2.34. The Morgan fingerprint density at radius 2 is 2.11 bits per heavy atom.